The number of hydrogen-bond acceptors (Lipinski definition) is 2. The first-order valence-corrected chi connectivity index (χ1v) is 7.58. The second kappa shape index (κ2) is 6.15. The van der Waals surface area contributed by atoms with Crippen molar-refractivity contribution in [3.63, 3.8) is 0 Å². The van der Waals surface area contributed by atoms with E-state index in [1.54, 1.807) is 0 Å². The average molecular weight is 295 g/mol. The maximum Gasteiger partial charge on any atom is 0.238 e. The Bertz CT molecular complexity index is 487. The largest absolute Gasteiger partial charge is 0.348 e. The summed E-state index contributed by atoms with van der Waals surface area (Å²) >= 11 is 6.18. The maximum absolute atomic E-state index is 12.5. The molecule has 110 valence electrons. The van der Waals surface area contributed by atoms with Crippen LogP contribution in [0.25, 0.3) is 0 Å². The minimum atomic E-state index is -0.138. The molecule has 2 unspecified atom stereocenters. The lowest BCUT2D eigenvalue weighted by Gasteiger charge is -2.38. The third-order valence-electron chi connectivity index (χ3n) is 4.12. The van der Waals surface area contributed by atoms with Crippen LogP contribution in [-0.4, -0.2) is 18.5 Å². The minimum absolute atomic E-state index is 0.0114. The second-order valence-corrected chi connectivity index (χ2v) is 6.64. The van der Waals surface area contributed by atoms with E-state index in [2.05, 4.69) is 24.5 Å². The van der Waals surface area contributed by atoms with Gasteiger partial charge in [0.15, 0.2) is 0 Å². The van der Waals surface area contributed by atoms with Gasteiger partial charge in [0.1, 0.15) is 0 Å². The number of carbonyl (C=O) groups excluding carboxylic acids is 1. The third-order valence-corrected chi connectivity index (χ3v) is 4.46. The molecule has 3 nitrogen and oxygen atoms in total. The average Bonchev–Trinajstić information content (AvgIpc) is 2.38. The molecule has 2 rings (SSSR count). The number of nitrogens with one attached hydrogen (secondary N) is 2. The molecule has 1 amide bonds. The number of benzene rings is 1. The highest BCUT2D eigenvalue weighted by Crippen LogP contribution is 2.31. The van der Waals surface area contributed by atoms with Crippen LogP contribution in [0.3, 0.4) is 0 Å². The molecule has 2 atom stereocenters. The molecule has 1 fully saturated rings. The number of amides is 1. The summed E-state index contributed by atoms with van der Waals surface area (Å²) in [7, 11) is 0. The van der Waals surface area contributed by atoms with Crippen molar-refractivity contribution in [2.75, 3.05) is 6.54 Å². The first-order chi connectivity index (χ1) is 9.42. The Labute approximate surface area is 126 Å². The zero-order valence-corrected chi connectivity index (χ0v) is 13.1. The first kappa shape index (κ1) is 15.3. The maximum atomic E-state index is 12.5. The molecule has 4 heteroatoms. The van der Waals surface area contributed by atoms with Gasteiger partial charge in [-0.25, -0.2) is 0 Å². The predicted molar refractivity (Wildman–Crippen MR) is 82.8 cm³/mol. The van der Waals surface area contributed by atoms with Gasteiger partial charge in [-0.3, -0.25) is 4.79 Å². The van der Waals surface area contributed by atoms with Crippen molar-refractivity contribution in [2.45, 2.75) is 45.7 Å². The molecule has 1 aliphatic heterocycles. The molecule has 1 aromatic rings. The van der Waals surface area contributed by atoms with Crippen molar-refractivity contribution in [3.05, 3.63) is 34.9 Å². The summed E-state index contributed by atoms with van der Waals surface area (Å²) in [5.74, 6) is 0.0575. The molecule has 1 aliphatic rings. The van der Waals surface area contributed by atoms with Crippen LogP contribution in [0.15, 0.2) is 24.3 Å². The summed E-state index contributed by atoms with van der Waals surface area (Å²) in [6.45, 7) is 7.16. The van der Waals surface area contributed by atoms with E-state index >= 15 is 0 Å². The van der Waals surface area contributed by atoms with Crippen LogP contribution in [-0.2, 0) is 4.79 Å². The molecule has 0 bridgehead atoms. The smallest absolute Gasteiger partial charge is 0.238 e. The van der Waals surface area contributed by atoms with E-state index in [4.69, 9.17) is 11.6 Å². The number of halogens is 1. The Hall–Kier alpha value is -1.06. The summed E-state index contributed by atoms with van der Waals surface area (Å²) in [5, 5.41) is 7.10. The molecule has 0 saturated carbocycles. The van der Waals surface area contributed by atoms with E-state index < -0.39 is 0 Å². The molecule has 1 saturated heterocycles. The lowest BCUT2D eigenvalue weighted by molar-refractivity contribution is -0.127. The molecule has 0 spiro atoms. The molecular weight excluding hydrogens is 272 g/mol. The Morgan fingerprint density at radius 1 is 1.45 bits per heavy atom. The van der Waals surface area contributed by atoms with Crippen molar-refractivity contribution in [2.24, 2.45) is 5.41 Å². The van der Waals surface area contributed by atoms with Gasteiger partial charge in [0.25, 0.3) is 0 Å². The Balaban J connectivity index is 2.06. The van der Waals surface area contributed by atoms with Gasteiger partial charge in [-0.15, -0.1) is 0 Å². The van der Waals surface area contributed by atoms with E-state index in [1.807, 2.05) is 31.2 Å². The van der Waals surface area contributed by atoms with Crippen molar-refractivity contribution >= 4 is 17.5 Å². The molecule has 1 heterocycles. The highest BCUT2D eigenvalue weighted by Gasteiger charge is 2.37. The molecule has 0 radical (unpaired) electrons. The van der Waals surface area contributed by atoms with Crippen LogP contribution in [0.4, 0.5) is 0 Å². The van der Waals surface area contributed by atoms with E-state index in [1.165, 1.54) is 0 Å². The van der Waals surface area contributed by atoms with Gasteiger partial charge in [0, 0.05) is 5.02 Å². The first-order valence-electron chi connectivity index (χ1n) is 7.20. The van der Waals surface area contributed by atoms with Gasteiger partial charge in [0.2, 0.25) is 5.91 Å². The molecule has 1 aromatic carbocycles. The number of piperidine rings is 1. The van der Waals surface area contributed by atoms with E-state index in [0.29, 0.717) is 5.02 Å². The summed E-state index contributed by atoms with van der Waals surface area (Å²) in [6, 6.07) is 7.41. The van der Waals surface area contributed by atoms with Gasteiger partial charge >= 0.3 is 0 Å². The monoisotopic (exact) mass is 294 g/mol. The third kappa shape index (κ3) is 3.33. The van der Waals surface area contributed by atoms with Crippen LogP contribution < -0.4 is 10.6 Å². The van der Waals surface area contributed by atoms with Crippen LogP contribution in [0.1, 0.15) is 45.2 Å². The highest BCUT2D eigenvalue weighted by molar-refractivity contribution is 6.31. The zero-order valence-electron chi connectivity index (χ0n) is 12.4. The zero-order chi connectivity index (χ0) is 14.8. The Kier molecular flexibility index (Phi) is 4.71. The number of rotatable bonds is 3. The summed E-state index contributed by atoms with van der Waals surface area (Å²) < 4.78 is 0. The van der Waals surface area contributed by atoms with Crippen LogP contribution in [0, 0.1) is 5.41 Å². The fourth-order valence-corrected chi connectivity index (χ4v) is 3.16. The predicted octanol–water partition coefficient (Wildman–Crippen LogP) is 3.30. The van der Waals surface area contributed by atoms with E-state index in [-0.39, 0.29) is 23.4 Å². The standard InChI is InChI=1S/C16H23ClN2O/c1-11(12-7-4-5-8-13(12)17)19-15(20)14-16(2,3)9-6-10-18-14/h4-5,7-8,11,14,18H,6,9-10H2,1-3H3,(H,19,20). The van der Waals surface area contributed by atoms with E-state index in [0.717, 1.165) is 24.9 Å². The van der Waals surface area contributed by atoms with E-state index in [9.17, 15) is 4.79 Å². The lowest BCUT2D eigenvalue weighted by Crippen LogP contribution is -2.55. The Morgan fingerprint density at radius 2 is 2.15 bits per heavy atom. The van der Waals surface area contributed by atoms with Crippen LogP contribution in [0.2, 0.25) is 5.02 Å². The topological polar surface area (TPSA) is 41.1 Å². The molecular formula is C16H23ClN2O. The minimum Gasteiger partial charge on any atom is -0.348 e. The number of carbonyl (C=O) groups is 1. The van der Waals surface area contributed by atoms with Gasteiger partial charge in [0.05, 0.1) is 12.1 Å². The number of hydrogen-bond donors (Lipinski definition) is 2. The van der Waals surface area contributed by atoms with Gasteiger partial charge in [-0.1, -0.05) is 43.6 Å². The summed E-state index contributed by atoms with van der Waals surface area (Å²) in [5.41, 5.74) is 0.943. The van der Waals surface area contributed by atoms with Crippen molar-refractivity contribution in [3.8, 4) is 0 Å². The molecule has 2 N–H and O–H groups in total. The quantitative estimate of drug-likeness (QED) is 0.898. The van der Waals surface area contributed by atoms with Crippen LogP contribution in [0.5, 0.6) is 0 Å². The van der Waals surface area contributed by atoms with Crippen molar-refractivity contribution < 1.29 is 4.79 Å². The fourth-order valence-electron chi connectivity index (χ4n) is 2.86. The normalized spacial score (nSPS) is 23.1. The SMILES string of the molecule is CC(NC(=O)C1NCCCC1(C)C)c1ccccc1Cl. The van der Waals surface area contributed by atoms with Crippen molar-refractivity contribution in [1.29, 1.82) is 0 Å². The molecule has 0 aliphatic carbocycles. The van der Waals surface area contributed by atoms with Crippen LogP contribution >= 0.6 is 11.6 Å². The van der Waals surface area contributed by atoms with Gasteiger partial charge in [-0.05, 0) is 43.4 Å². The highest BCUT2D eigenvalue weighted by atomic mass is 35.5. The van der Waals surface area contributed by atoms with Gasteiger partial charge < -0.3 is 10.6 Å². The second-order valence-electron chi connectivity index (χ2n) is 6.23. The van der Waals surface area contributed by atoms with Gasteiger partial charge in [-0.2, -0.15) is 0 Å². The summed E-state index contributed by atoms with van der Waals surface area (Å²) in [4.78, 5) is 12.5. The molecule has 20 heavy (non-hydrogen) atoms. The molecule has 0 aromatic heterocycles. The fraction of sp³-hybridized carbons (Fsp3) is 0.562. The summed E-state index contributed by atoms with van der Waals surface area (Å²) in [6.07, 6.45) is 2.19. The van der Waals surface area contributed by atoms with Crippen molar-refractivity contribution in [1.82, 2.24) is 10.6 Å². The Morgan fingerprint density at radius 3 is 2.80 bits per heavy atom. The lowest BCUT2D eigenvalue weighted by atomic mass is 9.77.